The van der Waals surface area contributed by atoms with Gasteiger partial charge in [0.25, 0.3) is 0 Å². The molecule has 78 valence electrons. The number of aryl methyl sites for hydroxylation is 2. The summed E-state index contributed by atoms with van der Waals surface area (Å²) >= 11 is 0. The van der Waals surface area contributed by atoms with Gasteiger partial charge in [-0.2, -0.15) is 5.10 Å². The highest BCUT2D eigenvalue weighted by molar-refractivity contribution is 5.14. The summed E-state index contributed by atoms with van der Waals surface area (Å²) in [6.45, 7) is 5.67. The Labute approximate surface area is 85.7 Å². The van der Waals surface area contributed by atoms with Crippen LogP contribution in [0.4, 0.5) is 0 Å². The molecule has 0 saturated carbocycles. The number of hydrogen-bond acceptors (Lipinski definition) is 2. The van der Waals surface area contributed by atoms with Gasteiger partial charge in [-0.25, -0.2) is 0 Å². The summed E-state index contributed by atoms with van der Waals surface area (Å²) in [7, 11) is 1.99. The highest BCUT2D eigenvalue weighted by Crippen LogP contribution is 2.13. The molecule has 0 unspecified atom stereocenters. The minimum atomic E-state index is 1.03. The number of hydrogen-bond donors (Lipinski definition) is 0. The molecule has 0 radical (unpaired) electrons. The Hall–Kier alpha value is -0.830. The van der Waals surface area contributed by atoms with Crippen molar-refractivity contribution in [1.82, 2.24) is 14.7 Å². The molecule has 0 aliphatic carbocycles. The van der Waals surface area contributed by atoms with E-state index in [9.17, 15) is 0 Å². The zero-order valence-corrected chi connectivity index (χ0v) is 9.16. The lowest BCUT2D eigenvalue weighted by molar-refractivity contribution is 0.217. The summed E-state index contributed by atoms with van der Waals surface area (Å²) < 4.78 is 1.91. The van der Waals surface area contributed by atoms with E-state index in [1.807, 2.05) is 11.7 Å². The van der Waals surface area contributed by atoms with E-state index in [-0.39, 0.29) is 0 Å². The van der Waals surface area contributed by atoms with E-state index < -0.39 is 0 Å². The monoisotopic (exact) mass is 193 g/mol. The van der Waals surface area contributed by atoms with Crippen LogP contribution in [0, 0.1) is 6.92 Å². The second-order valence-corrected chi connectivity index (χ2v) is 4.27. The van der Waals surface area contributed by atoms with Gasteiger partial charge in [-0.3, -0.25) is 9.58 Å². The van der Waals surface area contributed by atoms with Crippen molar-refractivity contribution in [3.05, 3.63) is 17.5 Å². The van der Waals surface area contributed by atoms with Crippen LogP contribution < -0.4 is 0 Å². The molecule has 3 heteroatoms. The maximum atomic E-state index is 4.48. The third kappa shape index (κ3) is 2.15. The normalized spacial score (nSPS) is 18.7. The Kier molecular flexibility index (Phi) is 2.87. The molecular formula is C11H19N3. The third-order valence-corrected chi connectivity index (χ3v) is 2.94. The summed E-state index contributed by atoms with van der Waals surface area (Å²) in [5.74, 6) is 0. The lowest BCUT2D eigenvalue weighted by atomic mass is 10.1. The van der Waals surface area contributed by atoms with Crippen molar-refractivity contribution >= 4 is 0 Å². The summed E-state index contributed by atoms with van der Waals surface area (Å²) in [6, 6.07) is 0. The number of likely N-dealkylation sites (tertiary alicyclic amines) is 1. The molecule has 1 aromatic heterocycles. The fourth-order valence-corrected chi connectivity index (χ4v) is 2.14. The van der Waals surface area contributed by atoms with E-state index in [2.05, 4.69) is 23.1 Å². The van der Waals surface area contributed by atoms with Crippen LogP contribution in [-0.4, -0.2) is 27.8 Å². The van der Waals surface area contributed by atoms with Crippen LogP contribution >= 0.6 is 0 Å². The quantitative estimate of drug-likeness (QED) is 0.713. The molecule has 3 nitrogen and oxygen atoms in total. The van der Waals surface area contributed by atoms with Gasteiger partial charge < -0.3 is 0 Å². The highest BCUT2D eigenvalue weighted by atomic mass is 15.3. The molecule has 0 N–H and O–H groups in total. The van der Waals surface area contributed by atoms with E-state index in [0.717, 1.165) is 6.54 Å². The molecule has 14 heavy (non-hydrogen) atoms. The number of piperidine rings is 1. The Morgan fingerprint density at radius 3 is 2.57 bits per heavy atom. The molecular weight excluding hydrogens is 174 g/mol. The zero-order valence-electron chi connectivity index (χ0n) is 9.16. The maximum absolute atomic E-state index is 4.48. The van der Waals surface area contributed by atoms with Crippen LogP contribution in [0.1, 0.15) is 30.5 Å². The lowest BCUT2D eigenvalue weighted by Crippen LogP contribution is -2.29. The molecule has 1 aliphatic heterocycles. The van der Waals surface area contributed by atoms with Gasteiger partial charge in [0.05, 0.1) is 5.69 Å². The maximum Gasteiger partial charge on any atom is 0.0793 e. The van der Waals surface area contributed by atoms with Crippen molar-refractivity contribution in [2.75, 3.05) is 13.1 Å². The van der Waals surface area contributed by atoms with E-state index in [1.165, 1.54) is 43.6 Å². The van der Waals surface area contributed by atoms with Gasteiger partial charge >= 0.3 is 0 Å². The van der Waals surface area contributed by atoms with E-state index >= 15 is 0 Å². The molecule has 0 amide bonds. The zero-order chi connectivity index (χ0) is 9.97. The van der Waals surface area contributed by atoms with Crippen molar-refractivity contribution in [2.45, 2.75) is 32.7 Å². The second kappa shape index (κ2) is 4.13. The molecule has 0 bridgehead atoms. The van der Waals surface area contributed by atoms with Crippen LogP contribution in [0.2, 0.25) is 0 Å². The van der Waals surface area contributed by atoms with E-state index in [0.29, 0.717) is 0 Å². The predicted molar refractivity (Wildman–Crippen MR) is 57.1 cm³/mol. The summed E-state index contributed by atoms with van der Waals surface area (Å²) in [6.07, 6.45) is 6.20. The van der Waals surface area contributed by atoms with Gasteiger partial charge in [0.15, 0.2) is 0 Å². The minimum Gasteiger partial charge on any atom is -0.297 e. The average molecular weight is 193 g/mol. The Morgan fingerprint density at radius 2 is 2.00 bits per heavy atom. The first-order valence-electron chi connectivity index (χ1n) is 5.47. The fourth-order valence-electron chi connectivity index (χ4n) is 2.14. The topological polar surface area (TPSA) is 21.1 Å². The Balaban J connectivity index is 1.98. The molecule has 1 aromatic rings. The average Bonchev–Trinajstić information content (AvgIpc) is 2.47. The molecule has 2 rings (SSSR count). The summed E-state index contributed by atoms with van der Waals surface area (Å²) in [5, 5.41) is 4.48. The van der Waals surface area contributed by atoms with Crippen LogP contribution in [0.25, 0.3) is 0 Å². The SMILES string of the molecule is Cc1cn(C)nc1CN1CCCCC1. The van der Waals surface area contributed by atoms with Crippen molar-refractivity contribution in [3.63, 3.8) is 0 Å². The summed E-state index contributed by atoms with van der Waals surface area (Å²) in [4.78, 5) is 2.51. The van der Waals surface area contributed by atoms with Crippen LogP contribution in [-0.2, 0) is 13.6 Å². The molecule has 0 atom stereocenters. The van der Waals surface area contributed by atoms with Gasteiger partial charge in [-0.1, -0.05) is 6.42 Å². The second-order valence-electron chi connectivity index (χ2n) is 4.27. The standard InChI is InChI=1S/C11H19N3/c1-10-8-13(2)12-11(10)9-14-6-4-3-5-7-14/h8H,3-7,9H2,1-2H3. The largest absolute Gasteiger partial charge is 0.297 e. The van der Waals surface area contributed by atoms with Crippen molar-refractivity contribution in [2.24, 2.45) is 7.05 Å². The Bertz CT molecular complexity index is 297. The molecule has 1 fully saturated rings. The van der Waals surface area contributed by atoms with Crippen LogP contribution in [0.5, 0.6) is 0 Å². The molecule has 0 aromatic carbocycles. The van der Waals surface area contributed by atoms with Crippen LogP contribution in [0.15, 0.2) is 6.20 Å². The fraction of sp³-hybridized carbons (Fsp3) is 0.727. The van der Waals surface area contributed by atoms with Gasteiger partial charge in [-0.05, 0) is 38.4 Å². The number of nitrogens with zero attached hydrogens (tertiary/aromatic N) is 3. The predicted octanol–water partition coefficient (Wildman–Crippen LogP) is 1.71. The summed E-state index contributed by atoms with van der Waals surface area (Å²) in [5.41, 5.74) is 2.56. The van der Waals surface area contributed by atoms with Gasteiger partial charge in [0.2, 0.25) is 0 Å². The van der Waals surface area contributed by atoms with Gasteiger partial charge in [0.1, 0.15) is 0 Å². The number of rotatable bonds is 2. The molecule has 0 spiro atoms. The van der Waals surface area contributed by atoms with Crippen LogP contribution in [0.3, 0.4) is 0 Å². The van der Waals surface area contributed by atoms with Crippen molar-refractivity contribution < 1.29 is 0 Å². The van der Waals surface area contributed by atoms with E-state index in [4.69, 9.17) is 0 Å². The smallest absolute Gasteiger partial charge is 0.0793 e. The van der Waals surface area contributed by atoms with Crippen molar-refractivity contribution in [3.8, 4) is 0 Å². The first-order chi connectivity index (χ1) is 6.75. The first kappa shape index (κ1) is 9.71. The Morgan fingerprint density at radius 1 is 1.29 bits per heavy atom. The molecule has 2 heterocycles. The number of aromatic nitrogens is 2. The lowest BCUT2D eigenvalue weighted by Gasteiger charge is -2.25. The third-order valence-electron chi connectivity index (χ3n) is 2.94. The minimum absolute atomic E-state index is 1.03. The molecule has 1 saturated heterocycles. The highest BCUT2D eigenvalue weighted by Gasteiger charge is 2.13. The van der Waals surface area contributed by atoms with Gasteiger partial charge in [-0.15, -0.1) is 0 Å². The first-order valence-corrected chi connectivity index (χ1v) is 5.47. The van der Waals surface area contributed by atoms with E-state index in [1.54, 1.807) is 0 Å². The van der Waals surface area contributed by atoms with Crippen molar-refractivity contribution in [1.29, 1.82) is 0 Å². The van der Waals surface area contributed by atoms with Gasteiger partial charge in [0, 0.05) is 19.8 Å². The molecule has 1 aliphatic rings.